The fraction of sp³-hybridized carbons (Fsp3) is 0.500. The highest BCUT2D eigenvalue weighted by Crippen LogP contribution is 2.38. The van der Waals surface area contributed by atoms with E-state index in [2.05, 4.69) is 0 Å². The fourth-order valence-electron chi connectivity index (χ4n) is 2.16. The van der Waals surface area contributed by atoms with Gasteiger partial charge in [-0.05, 0) is 57.3 Å². The Bertz CT molecular complexity index is 551. The summed E-state index contributed by atoms with van der Waals surface area (Å²) in [5.74, 6) is 0. The quantitative estimate of drug-likeness (QED) is 0.866. The third-order valence-corrected chi connectivity index (χ3v) is 4.80. The Kier molecular flexibility index (Phi) is 4.55. The molecule has 1 heterocycles. The zero-order valence-electron chi connectivity index (χ0n) is 13.2. The van der Waals surface area contributed by atoms with E-state index >= 15 is 0 Å². The van der Waals surface area contributed by atoms with Crippen LogP contribution in [0, 0.1) is 6.92 Å². The van der Waals surface area contributed by atoms with Crippen LogP contribution in [0.3, 0.4) is 0 Å². The van der Waals surface area contributed by atoms with E-state index < -0.39 is 18.3 Å². The lowest BCUT2D eigenvalue weighted by Crippen LogP contribution is -2.41. The molecule has 0 amide bonds. The summed E-state index contributed by atoms with van der Waals surface area (Å²) in [4.78, 5) is 0. The Morgan fingerprint density at radius 1 is 1.24 bits per heavy atom. The molecule has 0 aliphatic carbocycles. The Hall–Kier alpha value is -0.805. The van der Waals surface area contributed by atoms with Gasteiger partial charge in [0.25, 0.3) is 0 Å². The minimum absolute atomic E-state index is 0.122. The van der Waals surface area contributed by atoms with Crippen molar-refractivity contribution in [2.24, 2.45) is 0 Å². The molecule has 0 atom stereocenters. The third kappa shape index (κ3) is 3.19. The molecule has 5 heteroatoms. The first-order valence-corrected chi connectivity index (χ1v) is 7.48. The van der Waals surface area contributed by atoms with Gasteiger partial charge in [-0.2, -0.15) is 0 Å². The molecular formula is C16H22BClO3. The molecule has 1 fully saturated rings. The van der Waals surface area contributed by atoms with Crippen molar-refractivity contribution < 1.29 is 14.4 Å². The summed E-state index contributed by atoms with van der Waals surface area (Å²) in [6, 6.07) is 5.70. The molecular weight excluding hydrogens is 286 g/mol. The highest BCUT2D eigenvalue weighted by molar-refractivity contribution is 6.55. The van der Waals surface area contributed by atoms with Crippen LogP contribution in [-0.2, 0) is 9.31 Å². The molecule has 1 aliphatic rings. The summed E-state index contributed by atoms with van der Waals surface area (Å²) in [6.07, 6.45) is 1.89. The topological polar surface area (TPSA) is 38.7 Å². The van der Waals surface area contributed by atoms with Crippen molar-refractivity contribution in [2.75, 3.05) is 6.61 Å². The Labute approximate surface area is 132 Å². The number of benzene rings is 1. The molecule has 0 spiro atoms. The maximum atomic E-state index is 9.69. The molecule has 2 rings (SSSR count). The van der Waals surface area contributed by atoms with Gasteiger partial charge in [0.1, 0.15) is 0 Å². The zero-order chi connectivity index (χ0) is 15.8. The number of aliphatic hydroxyl groups excluding tert-OH is 1. The minimum atomic E-state index is -0.543. The summed E-state index contributed by atoms with van der Waals surface area (Å²) in [6.45, 7) is 9.80. The van der Waals surface area contributed by atoms with Crippen LogP contribution in [0.5, 0.6) is 0 Å². The molecule has 1 aliphatic heterocycles. The lowest BCUT2D eigenvalue weighted by atomic mass is 9.77. The van der Waals surface area contributed by atoms with Crippen LogP contribution in [0.25, 0.3) is 6.08 Å². The predicted molar refractivity (Wildman–Crippen MR) is 87.3 cm³/mol. The smallest absolute Gasteiger partial charge is 0.400 e. The van der Waals surface area contributed by atoms with Gasteiger partial charge in [0.05, 0.1) is 17.8 Å². The molecule has 0 saturated carbocycles. The van der Waals surface area contributed by atoms with Crippen molar-refractivity contribution in [3.8, 4) is 0 Å². The van der Waals surface area contributed by atoms with Crippen molar-refractivity contribution in [1.29, 1.82) is 0 Å². The molecule has 1 aromatic rings. The van der Waals surface area contributed by atoms with Gasteiger partial charge >= 0.3 is 7.12 Å². The molecule has 0 unspecified atom stereocenters. The molecule has 1 aromatic carbocycles. The van der Waals surface area contributed by atoms with Gasteiger partial charge in [0.15, 0.2) is 0 Å². The van der Waals surface area contributed by atoms with E-state index in [1.165, 1.54) is 0 Å². The zero-order valence-corrected chi connectivity index (χ0v) is 14.0. The normalized spacial score (nSPS) is 20.9. The average Bonchev–Trinajstić information content (AvgIpc) is 2.60. The summed E-state index contributed by atoms with van der Waals surface area (Å²) >= 11 is 6.14. The molecule has 114 valence electrons. The minimum Gasteiger partial charge on any atom is -0.400 e. The summed E-state index contributed by atoms with van der Waals surface area (Å²) < 4.78 is 12.0. The number of aliphatic hydroxyl groups is 1. The number of hydrogen-bond acceptors (Lipinski definition) is 3. The van der Waals surface area contributed by atoms with Gasteiger partial charge in [-0.15, -0.1) is 0 Å². The highest BCUT2D eigenvalue weighted by atomic mass is 35.5. The predicted octanol–water partition coefficient (Wildman–Crippen LogP) is 3.66. The second-order valence-corrected chi connectivity index (χ2v) is 6.83. The number of rotatable bonds is 3. The maximum Gasteiger partial charge on any atom is 0.492 e. The lowest BCUT2D eigenvalue weighted by Gasteiger charge is -2.32. The maximum absolute atomic E-state index is 9.69. The van der Waals surface area contributed by atoms with Gasteiger partial charge in [-0.1, -0.05) is 29.8 Å². The van der Waals surface area contributed by atoms with Gasteiger partial charge in [-0.25, -0.2) is 0 Å². The first-order valence-electron chi connectivity index (χ1n) is 7.10. The average molecular weight is 309 g/mol. The molecule has 0 aromatic heterocycles. The van der Waals surface area contributed by atoms with Gasteiger partial charge in [0, 0.05) is 5.02 Å². The van der Waals surface area contributed by atoms with Gasteiger partial charge < -0.3 is 14.4 Å². The molecule has 3 nitrogen and oxygen atoms in total. The number of halogens is 1. The van der Waals surface area contributed by atoms with E-state index in [1.54, 1.807) is 0 Å². The molecule has 0 bridgehead atoms. The second-order valence-electron chi connectivity index (χ2n) is 6.42. The monoisotopic (exact) mass is 308 g/mol. The van der Waals surface area contributed by atoms with E-state index in [1.807, 2.05) is 58.9 Å². The van der Waals surface area contributed by atoms with Crippen molar-refractivity contribution in [3.63, 3.8) is 0 Å². The highest BCUT2D eigenvalue weighted by Gasteiger charge is 2.52. The first kappa shape index (κ1) is 16.6. The van der Waals surface area contributed by atoms with Crippen molar-refractivity contribution in [1.82, 2.24) is 0 Å². The van der Waals surface area contributed by atoms with Crippen LogP contribution in [-0.4, -0.2) is 30.0 Å². The van der Waals surface area contributed by atoms with E-state index in [0.717, 1.165) is 11.1 Å². The largest absolute Gasteiger partial charge is 0.492 e. The van der Waals surface area contributed by atoms with Crippen LogP contribution in [0.1, 0.15) is 38.8 Å². The Morgan fingerprint density at radius 3 is 2.33 bits per heavy atom. The van der Waals surface area contributed by atoms with Crippen molar-refractivity contribution in [2.45, 2.75) is 45.8 Å². The van der Waals surface area contributed by atoms with Gasteiger partial charge in [-0.3, -0.25) is 0 Å². The van der Waals surface area contributed by atoms with Crippen LogP contribution in [0.4, 0.5) is 0 Å². The first-order chi connectivity index (χ1) is 9.68. The van der Waals surface area contributed by atoms with Gasteiger partial charge in [0.2, 0.25) is 0 Å². The fourth-order valence-corrected chi connectivity index (χ4v) is 2.34. The SMILES string of the molecule is Cc1c(Cl)cccc1C=C(CO)B1OC(C)(C)C(C)(C)O1. The van der Waals surface area contributed by atoms with E-state index in [9.17, 15) is 5.11 Å². The van der Waals surface area contributed by atoms with Crippen molar-refractivity contribution >= 4 is 24.8 Å². The molecule has 1 saturated heterocycles. The lowest BCUT2D eigenvalue weighted by molar-refractivity contribution is 0.00578. The van der Waals surface area contributed by atoms with Crippen molar-refractivity contribution in [3.05, 3.63) is 39.8 Å². The standard InChI is InChI=1S/C16H22BClO3/c1-11-12(7-6-8-14(11)18)9-13(10-19)17-20-15(2,3)16(4,5)21-17/h6-9,19H,10H2,1-5H3. The Balaban J connectivity index is 2.33. The molecule has 0 radical (unpaired) electrons. The third-order valence-electron chi connectivity index (χ3n) is 4.39. The summed E-state index contributed by atoms with van der Waals surface area (Å²) in [5, 5.41) is 10.4. The molecule has 1 N–H and O–H groups in total. The van der Waals surface area contributed by atoms with Crippen LogP contribution in [0.15, 0.2) is 23.7 Å². The van der Waals surface area contributed by atoms with E-state index in [4.69, 9.17) is 20.9 Å². The number of hydrogen-bond donors (Lipinski definition) is 1. The van der Waals surface area contributed by atoms with E-state index in [-0.39, 0.29) is 6.61 Å². The van der Waals surface area contributed by atoms with Crippen LogP contribution < -0.4 is 0 Å². The summed E-state index contributed by atoms with van der Waals surface area (Å²) in [7, 11) is -0.543. The van der Waals surface area contributed by atoms with E-state index in [0.29, 0.717) is 10.5 Å². The van der Waals surface area contributed by atoms with Crippen LogP contribution >= 0.6 is 11.6 Å². The second kappa shape index (κ2) is 5.77. The Morgan fingerprint density at radius 2 is 1.81 bits per heavy atom. The van der Waals surface area contributed by atoms with Crippen LogP contribution in [0.2, 0.25) is 5.02 Å². The summed E-state index contributed by atoms with van der Waals surface area (Å²) in [5.41, 5.74) is 1.78. The molecule has 21 heavy (non-hydrogen) atoms.